The fourth-order valence-electron chi connectivity index (χ4n) is 5.73. The van der Waals surface area contributed by atoms with Gasteiger partial charge in [0.1, 0.15) is 10.6 Å². The number of alkyl halides is 1. The third-order valence-corrected chi connectivity index (χ3v) is 7.48. The maximum absolute atomic E-state index is 13.8. The van der Waals surface area contributed by atoms with Crippen molar-refractivity contribution in [3.63, 3.8) is 0 Å². The minimum absolute atomic E-state index is 0.195. The summed E-state index contributed by atoms with van der Waals surface area (Å²) in [5.74, 6) is -1.38. The van der Waals surface area contributed by atoms with Gasteiger partial charge in [-0.05, 0) is 34.4 Å². The quantitative estimate of drug-likeness (QED) is 0.459. The number of anilines is 1. The van der Waals surface area contributed by atoms with Crippen LogP contribution >= 0.6 is 11.6 Å². The first-order chi connectivity index (χ1) is 14.6. The number of nitrogens with zero attached hydrogens (tertiary/aromatic N) is 1. The van der Waals surface area contributed by atoms with Gasteiger partial charge in [0.05, 0.1) is 24.6 Å². The lowest BCUT2D eigenvalue weighted by atomic mass is 9.54. The Labute approximate surface area is 179 Å². The summed E-state index contributed by atoms with van der Waals surface area (Å²) in [7, 11) is 1.54. The Morgan fingerprint density at radius 1 is 0.833 bits per heavy atom. The fourth-order valence-corrected chi connectivity index (χ4v) is 6.30. The van der Waals surface area contributed by atoms with Crippen LogP contribution in [0.15, 0.2) is 72.8 Å². The van der Waals surface area contributed by atoms with E-state index < -0.39 is 16.7 Å². The molecule has 2 bridgehead atoms. The summed E-state index contributed by atoms with van der Waals surface area (Å²) in [4.78, 5) is 27.8. The molecule has 4 aliphatic rings. The standard InChI is InChI=1S/C25H18ClNO3/c1-30-19-13-7-6-12-18(19)27-23(28)21-20-14-8-2-4-10-16(14)25(26,22(21)24(27)29)17-11-5-3-9-15(17)20/h2-13,20-22H,1H3/t20?,21-,22-,25?/m0/s1. The SMILES string of the molecule is COc1ccccc1N1C(=O)[C@@H]2[C@@H](C1=O)C1c3ccccc3C2(Cl)c2ccccc21. The lowest BCUT2D eigenvalue weighted by Gasteiger charge is -2.50. The van der Waals surface area contributed by atoms with Crippen LogP contribution in [0.5, 0.6) is 5.75 Å². The van der Waals surface area contributed by atoms with Crippen LogP contribution in [0.3, 0.4) is 0 Å². The number of rotatable bonds is 2. The first-order valence-electron chi connectivity index (χ1n) is 9.97. The highest BCUT2D eigenvalue weighted by Gasteiger charge is 2.68. The molecule has 7 rings (SSSR count). The molecule has 0 aromatic heterocycles. The predicted molar refractivity (Wildman–Crippen MR) is 114 cm³/mol. The van der Waals surface area contributed by atoms with E-state index in [9.17, 15) is 9.59 Å². The maximum atomic E-state index is 13.8. The Kier molecular flexibility index (Phi) is 3.52. The predicted octanol–water partition coefficient (Wildman–Crippen LogP) is 4.44. The van der Waals surface area contributed by atoms with Crippen molar-refractivity contribution in [2.45, 2.75) is 10.8 Å². The third kappa shape index (κ3) is 1.93. The van der Waals surface area contributed by atoms with Crippen molar-refractivity contribution in [3.8, 4) is 5.75 Å². The minimum atomic E-state index is -1.07. The second-order valence-corrected chi connectivity index (χ2v) is 8.65. The third-order valence-electron chi connectivity index (χ3n) is 6.84. The van der Waals surface area contributed by atoms with Crippen LogP contribution in [0.4, 0.5) is 5.69 Å². The van der Waals surface area contributed by atoms with Crippen molar-refractivity contribution >= 4 is 29.1 Å². The number of carbonyl (C=O) groups excluding carboxylic acids is 2. The Morgan fingerprint density at radius 3 is 2.03 bits per heavy atom. The van der Waals surface area contributed by atoms with E-state index in [0.29, 0.717) is 11.4 Å². The van der Waals surface area contributed by atoms with E-state index in [1.54, 1.807) is 18.2 Å². The lowest BCUT2D eigenvalue weighted by Crippen LogP contribution is -2.50. The van der Waals surface area contributed by atoms with E-state index in [4.69, 9.17) is 16.3 Å². The first kappa shape index (κ1) is 17.7. The molecule has 148 valence electrons. The molecule has 1 saturated heterocycles. The molecule has 1 fully saturated rings. The van der Waals surface area contributed by atoms with Gasteiger partial charge in [0, 0.05) is 5.92 Å². The lowest BCUT2D eigenvalue weighted by molar-refractivity contribution is -0.122. The molecular weight excluding hydrogens is 398 g/mol. The average Bonchev–Trinajstić information content (AvgIpc) is 3.05. The van der Waals surface area contributed by atoms with Crippen molar-refractivity contribution in [1.29, 1.82) is 0 Å². The second kappa shape index (κ2) is 5.96. The summed E-state index contributed by atoms with van der Waals surface area (Å²) >= 11 is 7.42. The van der Waals surface area contributed by atoms with E-state index in [0.717, 1.165) is 22.3 Å². The number of ether oxygens (including phenoxy) is 1. The number of para-hydroxylation sites is 2. The van der Waals surface area contributed by atoms with Crippen LogP contribution in [0.1, 0.15) is 28.2 Å². The Bertz CT molecular complexity index is 1190. The van der Waals surface area contributed by atoms with Gasteiger partial charge >= 0.3 is 0 Å². The van der Waals surface area contributed by atoms with E-state index in [1.807, 2.05) is 54.6 Å². The smallest absolute Gasteiger partial charge is 0.240 e. The molecule has 3 aromatic rings. The molecule has 2 amide bonds. The van der Waals surface area contributed by atoms with Crippen LogP contribution in [0.25, 0.3) is 0 Å². The van der Waals surface area contributed by atoms with Crippen LogP contribution in [0.2, 0.25) is 0 Å². The van der Waals surface area contributed by atoms with Gasteiger partial charge in [-0.15, -0.1) is 11.6 Å². The molecule has 0 N–H and O–H groups in total. The Morgan fingerprint density at radius 2 is 1.40 bits per heavy atom. The van der Waals surface area contributed by atoms with Crippen molar-refractivity contribution in [2.75, 3.05) is 12.0 Å². The number of hydrogen-bond acceptors (Lipinski definition) is 3. The van der Waals surface area contributed by atoms with Crippen LogP contribution in [-0.4, -0.2) is 18.9 Å². The maximum Gasteiger partial charge on any atom is 0.240 e. The second-order valence-electron chi connectivity index (χ2n) is 8.05. The van der Waals surface area contributed by atoms with E-state index in [2.05, 4.69) is 0 Å². The number of imide groups is 1. The molecular formula is C25H18ClNO3. The molecule has 2 atom stereocenters. The number of hydrogen-bond donors (Lipinski definition) is 0. The highest BCUT2D eigenvalue weighted by molar-refractivity contribution is 6.33. The average molecular weight is 416 g/mol. The van der Waals surface area contributed by atoms with E-state index in [1.165, 1.54) is 12.0 Å². The fraction of sp³-hybridized carbons (Fsp3) is 0.200. The number of carbonyl (C=O) groups is 2. The van der Waals surface area contributed by atoms with Crippen molar-refractivity contribution in [2.24, 2.45) is 11.8 Å². The molecule has 0 spiro atoms. The molecule has 0 unspecified atom stereocenters. The zero-order valence-corrected chi connectivity index (χ0v) is 17.0. The molecule has 5 heteroatoms. The highest BCUT2D eigenvalue weighted by Crippen LogP contribution is 2.66. The van der Waals surface area contributed by atoms with Crippen LogP contribution in [-0.2, 0) is 14.5 Å². The number of amides is 2. The van der Waals surface area contributed by atoms with Crippen LogP contribution in [0, 0.1) is 11.8 Å². The highest BCUT2D eigenvalue weighted by atomic mass is 35.5. The van der Waals surface area contributed by atoms with Gasteiger partial charge in [0.2, 0.25) is 11.8 Å². The largest absolute Gasteiger partial charge is 0.495 e. The number of methoxy groups -OCH3 is 1. The number of benzene rings is 3. The molecule has 0 radical (unpaired) electrons. The van der Waals surface area contributed by atoms with Gasteiger partial charge in [0.15, 0.2) is 0 Å². The van der Waals surface area contributed by atoms with Gasteiger partial charge in [-0.25, -0.2) is 4.90 Å². The minimum Gasteiger partial charge on any atom is -0.495 e. The number of halogens is 1. The normalized spacial score (nSPS) is 28.2. The summed E-state index contributed by atoms with van der Waals surface area (Å²) in [6.45, 7) is 0. The first-order valence-corrected chi connectivity index (χ1v) is 10.4. The monoisotopic (exact) mass is 415 g/mol. The van der Waals surface area contributed by atoms with Gasteiger partial charge in [0.25, 0.3) is 0 Å². The summed E-state index contributed by atoms with van der Waals surface area (Å²) in [6.07, 6.45) is 0. The van der Waals surface area contributed by atoms with Gasteiger partial charge in [-0.3, -0.25) is 9.59 Å². The summed E-state index contributed by atoms with van der Waals surface area (Å²) < 4.78 is 5.45. The molecule has 0 saturated carbocycles. The Balaban J connectivity index is 1.62. The molecule has 3 aromatic carbocycles. The molecule has 30 heavy (non-hydrogen) atoms. The van der Waals surface area contributed by atoms with Crippen molar-refractivity contribution in [3.05, 3.63) is 95.1 Å². The molecule has 4 nitrogen and oxygen atoms in total. The van der Waals surface area contributed by atoms with E-state index in [-0.39, 0.29) is 17.7 Å². The van der Waals surface area contributed by atoms with Crippen molar-refractivity contribution < 1.29 is 14.3 Å². The van der Waals surface area contributed by atoms with Gasteiger partial charge in [-0.2, -0.15) is 0 Å². The van der Waals surface area contributed by atoms with Gasteiger partial charge in [-0.1, -0.05) is 60.7 Å². The zero-order valence-electron chi connectivity index (χ0n) is 16.2. The Hall–Kier alpha value is -3.11. The van der Waals surface area contributed by atoms with E-state index >= 15 is 0 Å². The summed E-state index contributed by atoms with van der Waals surface area (Å²) in [6, 6.07) is 23.0. The summed E-state index contributed by atoms with van der Waals surface area (Å²) in [5, 5.41) is 0. The summed E-state index contributed by atoms with van der Waals surface area (Å²) in [5.41, 5.74) is 4.41. The molecule has 1 aliphatic heterocycles. The molecule has 3 aliphatic carbocycles. The topological polar surface area (TPSA) is 46.6 Å². The van der Waals surface area contributed by atoms with Crippen molar-refractivity contribution in [1.82, 2.24) is 0 Å². The van der Waals surface area contributed by atoms with Gasteiger partial charge < -0.3 is 4.74 Å². The van der Waals surface area contributed by atoms with Crippen LogP contribution < -0.4 is 9.64 Å². The zero-order chi connectivity index (χ0) is 20.6. The molecule has 1 heterocycles.